The fourth-order valence-electron chi connectivity index (χ4n) is 2.29. The van der Waals surface area contributed by atoms with Crippen LogP contribution < -0.4 is 5.32 Å². The van der Waals surface area contributed by atoms with Crippen LogP contribution in [0.5, 0.6) is 0 Å². The van der Waals surface area contributed by atoms with Gasteiger partial charge in [0.1, 0.15) is 0 Å². The van der Waals surface area contributed by atoms with Gasteiger partial charge < -0.3 is 5.32 Å². The molecule has 6 heteroatoms. The van der Waals surface area contributed by atoms with Crippen molar-refractivity contribution in [2.45, 2.75) is 13.5 Å². The smallest absolute Gasteiger partial charge is 0.192 e. The number of rotatable bonds is 6. The molecule has 0 fully saturated rings. The summed E-state index contributed by atoms with van der Waals surface area (Å²) in [4.78, 5) is 12.1. The summed E-state index contributed by atoms with van der Waals surface area (Å²) in [7, 11) is 0. The van der Waals surface area contributed by atoms with Crippen LogP contribution in [0.2, 0.25) is 0 Å². The van der Waals surface area contributed by atoms with E-state index in [2.05, 4.69) is 20.8 Å². The lowest BCUT2D eigenvalue weighted by Crippen LogP contribution is -2.12. The van der Waals surface area contributed by atoms with Crippen LogP contribution in [0.1, 0.15) is 18.3 Å². The van der Waals surface area contributed by atoms with Gasteiger partial charge >= 0.3 is 0 Å². The number of carbonyl (C=O) groups is 1. The molecule has 120 valence electrons. The first-order chi connectivity index (χ1) is 11.8. The molecule has 3 aromatic rings. The topological polar surface area (TPSA) is 72.7 Å². The highest BCUT2D eigenvalue weighted by Crippen LogP contribution is 2.15. The van der Waals surface area contributed by atoms with E-state index in [0.717, 1.165) is 11.3 Å². The Balaban J connectivity index is 1.86. The highest BCUT2D eigenvalue weighted by Gasteiger charge is 2.16. The Morgan fingerprint density at radius 3 is 2.42 bits per heavy atom. The Labute approximate surface area is 139 Å². The Morgan fingerprint density at radius 2 is 1.75 bits per heavy atom. The van der Waals surface area contributed by atoms with Crippen LogP contribution in [0.15, 0.2) is 66.9 Å². The quantitative estimate of drug-likeness (QED) is 0.706. The molecule has 1 aromatic heterocycles. The molecule has 0 atom stereocenters. The molecular weight excluding hydrogens is 302 g/mol. The first-order valence-electron chi connectivity index (χ1n) is 7.58. The summed E-state index contributed by atoms with van der Waals surface area (Å²) in [6.45, 7) is 2.12. The van der Waals surface area contributed by atoms with Crippen molar-refractivity contribution in [3.05, 3.63) is 78.3 Å². The average molecular weight is 319 g/mol. The van der Waals surface area contributed by atoms with Crippen LogP contribution in [0.4, 0.5) is 0 Å². The summed E-state index contributed by atoms with van der Waals surface area (Å²) >= 11 is 0. The number of allylic oxidation sites excluding steroid dienone is 1. The van der Waals surface area contributed by atoms with Gasteiger partial charge in [-0.3, -0.25) is 4.79 Å². The maximum absolute atomic E-state index is 12.1. The summed E-state index contributed by atoms with van der Waals surface area (Å²) in [6.07, 6.45) is 1.67. The SMILES string of the molecule is CC(=O)/C(=C\NCc1ccccc1)c1nnnn1-c1ccccc1. The fraction of sp³-hybridized carbons (Fsp3) is 0.111. The summed E-state index contributed by atoms with van der Waals surface area (Å²) in [5.74, 6) is 0.303. The third-order valence-electron chi connectivity index (χ3n) is 3.49. The van der Waals surface area contributed by atoms with Crippen LogP contribution >= 0.6 is 0 Å². The van der Waals surface area contributed by atoms with Crippen molar-refractivity contribution in [3.8, 4) is 5.69 Å². The molecule has 3 rings (SSSR count). The summed E-state index contributed by atoms with van der Waals surface area (Å²) in [6, 6.07) is 19.4. The third-order valence-corrected chi connectivity index (χ3v) is 3.49. The lowest BCUT2D eigenvalue weighted by Gasteiger charge is -2.07. The van der Waals surface area contributed by atoms with Gasteiger partial charge in [-0.2, -0.15) is 4.68 Å². The van der Waals surface area contributed by atoms with E-state index in [1.54, 1.807) is 10.9 Å². The number of hydrogen-bond donors (Lipinski definition) is 1. The minimum absolute atomic E-state index is 0.109. The summed E-state index contributed by atoms with van der Waals surface area (Å²) in [5, 5.41) is 14.9. The summed E-state index contributed by atoms with van der Waals surface area (Å²) in [5.41, 5.74) is 2.35. The first kappa shape index (κ1) is 15.6. The molecule has 0 bridgehead atoms. The number of nitrogens with zero attached hydrogens (tertiary/aromatic N) is 4. The van der Waals surface area contributed by atoms with Crippen molar-refractivity contribution >= 4 is 11.4 Å². The number of benzene rings is 2. The van der Waals surface area contributed by atoms with Gasteiger partial charge in [-0.1, -0.05) is 48.5 Å². The maximum Gasteiger partial charge on any atom is 0.192 e. The molecule has 0 saturated heterocycles. The largest absolute Gasteiger partial charge is 0.386 e. The van der Waals surface area contributed by atoms with Gasteiger partial charge in [0.05, 0.1) is 11.3 Å². The number of Topliss-reactive ketones (excluding diaryl/α,β-unsaturated/α-hetero) is 1. The second-order valence-electron chi connectivity index (χ2n) is 5.23. The van der Waals surface area contributed by atoms with Gasteiger partial charge in [-0.05, 0) is 35.0 Å². The molecule has 0 aliphatic carbocycles. The van der Waals surface area contributed by atoms with Crippen LogP contribution in [0, 0.1) is 0 Å². The van der Waals surface area contributed by atoms with Crippen molar-refractivity contribution < 1.29 is 4.79 Å². The van der Waals surface area contributed by atoms with E-state index in [0.29, 0.717) is 17.9 Å². The van der Waals surface area contributed by atoms with Crippen LogP contribution in [-0.2, 0) is 11.3 Å². The number of tetrazole rings is 1. The normalized spacial score (nSPS) is 11.3. The molecular formula is C18H17N5O. The Morgan fingerprint density at radius 1 is 1.08 bits per heavy atom. The average Bonchev–Trinajstić information content (AvgIpc) is 3.09. The minimum atomic E-state index is -0.109. The Bertz CT molecular complexity index is 840. The molecule has 0 aliphatic rings. The van der Waals surface area contributed by atoms with Gasteiger partial charge in [0.15, 0.2) is 11.6 Å². The molecule has 1 N–H and O–H groups in total. The van der Waals surface area contributed by atoms with E-state index in [9.17, 15) is 4.79 Å². The van der Waals surface area contributed by atoms with E-state index in [4.69, 9.17) is 0 Å². The zero-order valence-corrected chi connectivity index (χ0v) is 13.3. The molecule has 0 radical (unpaired) electrons. The predicted octanol–water partition coefficient (Wildman–Crippen LogP) is 2.38. The Kier molecular flexibility index (Phi) is 4.76. The van der Waals surface area contributed by atoms with Crippen LogP contribution in [0.25, 0.3) is 11.3 Å². The van der Waals surface area contributed by atoms with Gasteiger partial charge in [-0.25, -0.2) is 0 Å². The van der Waals surface area contributed by atoms with E-state index >= 15 is 0 Å². The highest BCUT2D eigenvalue weighted by molar-refractivity contribution is 6.18. The molecule has 0 aliphatic heterocycles. The van der Waals surface area contributed by atoms with Crippen molar-refractivity contribution in [2.75, 3.05) is 0 Å². The first-order valence-corrected chi connectivity index (χ1v) is 7.58. The molecule has 0 saturated carbocycles. The van der Waals surface area contributed by atoms with Crippen molar-refractivity contribution in [1.82, 2.24) is 25.5 Å². The lowest BCUT2D eigenvalue weighted by atomic mass is 10.1. The van der Waals surface area contributed by atoms with Crippen molar-refractivity contribution in [1.29, 1.82) is 0 Å². The zero-order chi connectivity index (χ0) is 16.8. The van der Waals surface area contributed by atoms with E-state index < -0.39 is 0 Å². The number of nitrogens with one attached hydrogen (secondary N) is 1. The second-order valence-corrected chi connectivity index (χ2v) is 5.23. The van der Waals surface area contributed by atoms with Gasteiger partial charge in [0.2, 0.25) is 0 Å². The number of aromatic nitrogens is 4. The molecule has 2 aromatic carbocycles. The minimum Gasteiger partial charge on any atom is -0.386 e. The molecule has 24 heavy (non-hydrogen) atoms. The highest BCUT2D eigenvalue weighted by atomic mass is 16.1. The number of para-hydroxylation sites is 1. The number of ketones is 1. The van der Waals surface area contributed by atoms with Crippen molar-refractivity contribution in [2.24, 2.45) is 0 Å². The molecule has 0 amide bonds. The standard InChI is InChI=1S/C18H17N5O/c1-14(24)17(13-19-12-15-8-4-2-5-9-15)18-20-21-22-23(18)16-10-6-3-7-11-16/h2-11,13,19H,12H2,1H3/b17-13+. The lowest BCUT2D eigenvalue weighted by molar-refractivity contribution is -0.111. The second kappa shape index (κ2) is 7.32. The predicted molar refractivity (Wildman–Crippen MR) is 91.1 cm³/mol. The van der Waals surface area contributed by atoms with E-state index in [1.807, 2.05) is 60.7 Å². The van der Waals surface area contributed by atoms with E-state index in [1.165, 1.54) is 6.92 Å². The Hall–Kier alpha value is -3.28. The monoisotopic (exact) mass is 319 g/mol. The van der Waals surface area contributed by atoms with Gasteiger partial charge in [-0.15, -0.1) is 5.10 Å². The van der Waals surface area contributed by atoms with Gasteiger partial charge in [0.25, 0.3) is 0 Å². The molecule has 6 nitrogen and oxygen atoms in total. The van der Waals surface area contributed by atoms with Gasteiger partial charge in [0, 0.05) is 12.7 Å². The zero-order valence-electron chi connectivity index (χ0n) is 13.3. The maximum atomic E-state index is 12.1. The summed E-state index contributed by atoms with van der Waals surface area (Å²) < 4.78 is 1.55. The fourth-order valence-corrected chi connectivity index (χ4v) is 2.29. The molecule has 1 heterocycles. The third kappa shape index (κ3) is 3.55. The number of carbonyl (C=O) groups excluding carboxylic acids is 1. The van der Waals surface area contributed by atoms with E-state index in [-0.39, 0.29) is 5.78 Å². The van der Waals surface area contributed by atoms with Crippen LogP contribution in [-0.4, -0.2) is 26.0 Å². The van der Waals surface area contributed by atoms with Crippen LogP contribution in [0.3, 0.4) is 0 Å². The molecule has 0 spiro atoms. The van der Waals surface area contributed by atoms with Crippen molar-refractivity contribution in [3.63, 3.8) is 0 Å². The number of hydrogen-bond acceptors (Lipinski definition) is 5. The molecule has 0 unspecified atom stereocenters.